The van der Waals surface area contributed by atoms with Gasteiger partial charge in [0.15, 0.2) is 0 Å². The predicted molar refractivity (Wildman–Crippen MR) is 57.5 cm³/mol. The topological polar surface area (TPSA) is 81.1 Å². The Labute approximate surface area is 85.8 Å². The Morgan fingerprint density at radius 3 is 3.00 bits per heavy atom. The number of rotatable bonds is 2. The van der Waals surface area contributed by atoms with Gasteiger partial charge in [0.1, 0.15) is 0 Å². The van der Waals surface area contributed by atoms with Gasteiger partial charge in [0, 0.05) is 5.69 Å². The van der Waals surface area contributed by atoms with Crippen LogP contribution in [-0.2, 0) is 6.54 Å². The molecule has 0 spiro atoms. The average Bonchev–Trinajstić information content (AvgIpc) is 2.23. The second-order valence-corrected chi connectivity index (χ2v) is 3.24. The van der Waals surface area contributed by atoms with Gasteiger partial charge in [0.2, 0.25) is 0 Å². The number of anilines is 1. The Morgan fingerprint density at radius 2 is 2.27 bits per heavy atom. The molecule has 2 aromatic rings. The molecule has 0 aliphatic heterocycles. The molecule has 0 aliphatic rings. The van der Waals surface area contributed by atoms with Crippen LogP contribution in [0.5, 0.6) is 0 Å². The number of hydrogen-bond acceptors (Lipinski definition) is 4. The quantitative estimate of drug-likeness (QED) is 0.675. The maximum atomic E-state index is 11.8. The second-order valence-electron chi connectivity index (χ2n) is 3.24. The molecule has 0 amide bonds. The van der Waals surface area contributed by atoms with Gasteiger partial charge < -0.3 is 10.8 Å². The molecule has 5 heteroatoms. The number of nitrogen functional groups attached to an aromatic ring is 1. The van der Waals surface area contributed by atoms with Crippen LogP contribution in [0, 0.1) is 0 Å². The van der Waals surface area contributed by atoms with E-state index >= 15 is 0 Å². The molecule has 15 heavy (non-hydrogen) atoms. The molecule has 78 valence electrons. The average molecular weight is 205 g/mol. The highest BCUT2D eigenvalue weighted by Crippen LogP contribution is 2.10. The first-order chi connectivity index (χ1) is 7.22. The van der Waals surface area contributed by atoms with Crippen molar-refractivity contribution in [3.8, 4) is 0 Å². The molecule has 1 heterocycles. The molecule has 0 aliphatic carbocycles. The summed E-state index contributed by atoms with van der Waals surface area (Å²) in [5.74, 6) is 0. The van der Waals surface area contributed by atoms with Crippen LogP contribution in [0.2, 0.25) is 0 Å². The fraction of sp³-hybridized carbons (Fsp3) is 0.200. The Hall–Kier alpha value is -1.88. The number of nitrogens with two attached hydrogens (primary N) is 1. The first-order valence-electron chi connectivity index (χ1n) is 4.58. The molecule has 0 saturated heterocycles. The number of aliphatic hydroxyl groups is 1. The van der Waals surface area contributed by atoms with Gasteiger partial charge in [-0.3, -0.25) is 9.36 Å². The Morgan fingerprint density at radius 1 is 1.47 bits per heavy atom. The number of aliphatic hydroxyl groups excluding tert-OH is 1. The normalized spacial score (nSPS) is 10.7. The first-order valence-corrected chi connectivity index (χ1v) is 4.58. The standard InChI is InChI=1S/C10H11N3O2/c11-7-1-2-9-8(5-7)10(15)13(3-4-14)6-12-9/h1-2,5-6,14H,3-4,11H2. The van der Waals surface area contributed by atoms with Crippen molar-refractivity contribution in [1.82, 2.24) is 9.55 Å². The van der Waals surface area contributed by atoms with Crippen LogP contribution in [0.1, 0.15) is 0 Å². The fourth-order valence-electron chi connectivity index (χ4n) is 1.44. The molecule has 2 rings (SSSR count). The van der Waals surface area contributed by atoms with Gasteiger partial charge in [-0.05, 0) is 18.2 Å². The van der Waals surface area contributed by atoms with Gasteiger partial charge in [-0.15, -0.1) is 0 Å². The van der Waals surface area contributed by atoms with E-state index in [-0.39, 0.29) is 18.7 Å². The van der Waals surface area contributed by atoms with E-state index in [1.54, 1.807) is 18.2 Å². The number of nitrogens with zero attached hydrogens (tertiary/aromatic N) is 2. The molecule has 0 bridgehead atoms. The Bertz CT molecular complexity index is 548. The summed E-state index contributed by atoms with van der Waals surface area (Å²) in [6, 6.07) is 5.00. The molecule has 0 radical (unpaired) electrons. The molecule has 0 atom stereocenters. The highest BCUT2D eigenvalue weighted by molar-refractivity contribution is 5.80. The van der Waals surface area contributed by atoms with Crippen molar-refractivity contribution in [2.75, 3.05) is 12.3 Å². The smallest absolute Gasteiger partial charge is 0.261 e. The molecular weight excluding hydrogens is 194 g/mol. The third-order valence-electron chi connectivity index (χ3n) is 2.19. The fourth-order valence-corrected chi connectivity index (χ4v) is 1.44. The van der Waals surface area contributed by atoms with Gasteiger partial charge in [-0.25, -0.2) is 4.98 Å². The number of hydrogen-bond donors (Lipinski definition) is 2. The maximum absolute atomic E-state index is 11.8. The summed E-state index contributed by atoms with van der Waals surface area (Å²) in [5.41, 5.74) is 6.56. The van der Waals surface area contributed by atoms with E-state index in [0.717, 1.165) is 0 Å². The minimum Gasteiger partial charge on any atom is -0.399 e. The molecule has 0 fully saturated rings. The Balaban J connectivity index is 2.71. The summed E-state index contributed by atoms with van der Waals surface area (Å²) >= 11 is 0. The van der Waals surface area contributed by atoms with E-state index in [0.29, 0.717) is 16.6 Å². The van der Waals surface area contributed by atoms with Crippen LogP contribution in [0.3, 0.4) is 0 Å². The van der Waals surface area contributed by atoms with Crippen LogP contribution < -0.4 is 11.3 Å². The minimum atomic E-state index is -0.179. The van der Waals surface area contributed by atoms with Crippen LogP contribution in [0.15, 0.2) is 29.3 Å². The maximum Gasteiger partial charge on any atom is 0.261 e. The lowest BCUT2D eigenvalue weighted by Gasteiger charge is -2.04. The summed E-state index contributed by atoms with van der Waals surface area (Å²) in [7, 11) is 0. The molecule has 1 aromatic carbocycles. The van der Waals surface area contributed by atoms with Crippen LogP contribution in [0.4, 0.5) is 5.69 Å². The van der Waals surface area contributed by atoms with E-state index < -0.39 is 0 Å². The van der Waals surface area contributed by atoms with Gasteiger partial charge in [-0.2, -0.15) is 0 Å². The van der Waals surface area contributed by atoms with Crippen molar-refractivity contribution in [2.24, 2.45) is 0 Å². The zero-order valence-electron chi connectivity index (χ0n) is 8.05. The van der Waals surface area contributed by atoms with Crippen molar-refractivity contribution >= 4 is 16.6 Å². The summed E-state index contributed by atoms with van der Waals surface area (Å²) < 4.78 is 1.36. The highest BCUT2D eigenvalue weighted by atomic mass is 16.3. The third-order valence-corrected chi connectivity index (χ3v) is 2.19. The van der Waals surface area contributed by atoms with E-state index in [2.05, 4.69) is 4.98 Å². The van der Waals surface area contributed by atoms with Crippen molar-refractivity contribution in [3.05, 3.63) is 34.9 Å². The van der Waals surface area contributed by atoms with E-state index in [1.165, 1.54) is 10.9 Å². The van der Waals surface area contributed by atoms with E-state index in [1.807, 2.05) is 0 Å². The van der Waals surface area contributed by atoms with Crippen LogP contribution >= 0.6 is 0 Å². The predicted octanol–water partition coefficient (Wildman–Crippen LogP) is -0.0290. The third kappa shape index (κ3) is 1.69. The number of benzene rings is 1. The highest BCUT2D eigenvalue weighted by Gasteiger charge is 2.03. The summed E-state index contributed by atoms with van der Waals surface area (Å²) in [5, 5.41) is 9.24. The van der Waals surface area contributed by atoms with Gasteiger partial charge in [0.25, 0.3) is 5.56 Å². The van der Waals surface area contributed by atoms with Gasteiger partial charge in [0.05, 0.1) is 30.4 Å². The van der Waals surface area contributed by atoms with E-state index in [4.69, 9.17) is 10.8 Å². The lowest BCUT2D eigenvalue weighted by molar-refractivity contribution is 0.274. The van der Waals surface area contributed by atoms with Gasteiger partial charge in [-0.1, -0.05) is 0 Å². The number of fused-ring (bicyclic) bond motifs is 1. The molecule has 3 N–H and O–H groups in total. The lowest BCUT2D eigenvalue weighted by Crippen LogP contribution is -2.22. The largest absolute Gasteiger partial charge is 0.399 e. The summed E-state index contributed by atoms with van der Waals surface area (Å²) in [4.78, 5) is 15.9. The zero-order valence-corrected chi connectivity index (χ0v) is 8.05. The Kier molecular flexibility index (Phi) is 2.39. The van der Waals surface area contributed by atoms with Crippen LogP contribution in [0.25, 0.3) is 10.9 Å². The van der Waals surface area contributed by atoms with Crippen molar-refractivity contribution in [3.63, 3.8) is 0 Å². The van der Waals surface area contributed by atoms with Crippen molar-refractivity contribution in [1.29, 1.82) is 0 Å². The van der Waals surface area contributed by atoms with Crippen molar-refractivity contribution in [2.45, 2.75) is 6.54 Å². The summed E-state index contributed by atoms with van der Waals surface area (Å²) in [6.07, 6.45) is 1.43. The van der Waals surface area contributed by atoms with E-state index in [9.17, 15) is 4.79 Å². The zero-order chi connectivity index (χ0) is 10.8. The lowest BCUT2D eigenvalue weighted by atomic mass is 10.2. The van der Waals surface area contributed by atoms with Crippen molar-refractivity contribution < 1.29 is 5.11 Å². The SMILES string of the molecule is Nc1ccc2ncn(CCO)c(=O)c2c1. The van der Waals surface area contributed by atoms with Crippen LogP contribution in [-0.4, -0.2) is 21.3 Å². The monoisotopic (exact) mass is 205 g/mol. The molecule has 0 saturated carbocycles. The minimum absolute atomic E-state index is 0.0879. The molecule has 1 aromatic heterocycles. The second kappa shape index (κ2) is 3.70. The molecular formula is C10H11N3O2. The summed E-state index contributed by atoms with van der Waals surface area (Å²) in [6.45, 7) is 0.159. The first kappa shape index (κ1) is 9.67. The molecule has 0 unspecified atom stereocenters. The number of aromatic nitrogens is 2. The van der Waals surface area contributed by atoms with Gasteiger partial charge >= 0.3 is 0 Å². The molecule has 5 nitrogen and oxygen atoms in total.